The number of aryl methyl sites for hydroxylation is 2. The molecule has 2 N–H and O–H groups in total. The van der Waals surface area contributed by atoms with E-state index >= 15 is 0 Å². The zero-order valence-corrected chi connectivity index (χ0v) is 15.4. The fraction of sp³-hybridized carbons (Fsp3) is 0.143. The van der Waals surface area contributed by atoms with Crippen LogP contribution in [0.3, 0.4) is 0 Å². The molecule has 1 amide bonds. The number of amides is 1. The van der Waals surface area contributed by atoms with E-state index in [-0.39, 0.29) is 11.7 Å². The van der Waals surface area contributed by atoms with Gasteiger partial charge in [0.05, 0.1) is 16.1 Å². The number of ketones is 1. The van der Waals surface area contributed by atoms with Crippen molar-refractivity contribution in [3.05, 3.63) is 93.3 Å². The summed E-state index contributed by atoms with van der Waals surface area (Å²) >= 11 is 6.17. The van der Waals surface area contributed by atoms with Crippen molar-refractivity contribution in [1.29, 1.82) is 0 Å². The van der Waals surface area contributed by atoms with Crippen molar-refractivity contribution < 1.29 is 9.59 Å². The lowest BCUT2D eigenvalue weighted by atomic mass is 9.98. The van der Waals surface area contributed by atoms with Gasteiger partial charge in [-0.2, -0.15) is 0 Å². The van der Waals surface area contributed by atoms with Crippen LogP contribution in [0.5, 0.6) is 0 Å². The summed E-state index contributed by atoms with van der Waals surface area (Å²) in [5.74, 6) is -0.548. The van der Waals surface area contributed by atoms with Crippen molar-refractivity contribution in [2.45, 2.75) is 20.4 Å². The molecule has 0 spiro atoms. The van der Waals surface area contributed by atoms with Crippen LogP contribution in [0, 0.1) is 13.8 Å². The first-order valence-electron chi connectivity index (χ1n) is 8.29. The smallest absolute Gasteiger partial charge is 0.254 e. The van der Waals surface area contributed by atoms with Crippen LogP contribution in [-0.4, -0.2) is 16.7 Å². The number of nitrogens with one attached hydrogen (secondary N) is 2. The lowest BCUT2D eigenvalue weighted by molar-refractivity contribution is 0.0939. The van der Waals surface area contributed by atoms with Gasteiger partial charge in [0, 0.05) is 23.5 Å². The summed E-state index contributed by atoms with van der Waals surface area (Å²) in [6, 6.07) is 16.5. The topological polar surface area (TPSA) is 62.0 Å². The van der Waals surface area contributed by atoms with E-state index < -0.39 is 0 Å². The third-order valence-electron chi connectivity index (χ3n) is 4.24. The maximum atomic E-state index is 13.0. The van der Waals surface area contributed by atoms with Gasteiger partial charge in [-0.15, -0.1) is 0 Å². The second-order valence-corrected chi connectivity index (χ2v) is 6.51. The largest absolute Gasteiger partial charge is 0.361 e. The Kier molecular flexibility index (Phi) is 5.24. The van der Waals surface area contributed by atoms with Crippen LogP contribution < -0.4 is 5.32 Å². The number of benzene rings is 2. The average molecular weight is 367 g/mol. The van der Waals surface area contributed by atoms with Gasteiger partial charge in [-0.05, 0) is 31.5 Å². The van der Waals surface area contributed by atoms with Gasteiger partial charge >= 0.3 is 0 Å². The van der Waals surface area contributed by atoms with E-state index in [0.29, 0.717) is 39.6 Å². The molecule has 3 rings (SSSR count). The van der Waals surface area contributed by atoms with Crippen molar-refractivity contribution in [3.63, 3.8) is 0 Å². The Hall–Kier alpha value is -2.85. The third-order valence-corrected chi connectivity index (χ3v) is 4.57. The molecule has 0 aliphatic heterocycles. The zero-order valence-electron chi connectivity index (χ0n) is 14.6. The van der Waals surface area contributed by atoms with Crippen LogP contribution in [0.2, 0.25) is 5.02 Å². The van der Waals surface area contributed by atoms with E-state index in [1.165, 1.54) is 0 Å². The summed E-state index contributed by atoms with van der Waals surface area (Å²) in [6.45, 7) is 3.96. The Morgan fingerprint density at radius 3 is 2.23 bits per heavy atom. The molecule has 0 saturated heterocycles. The van der Waals surface area contributed by atoms with Gasteiger partial charge < -0.3 is 10.3 Å². The standard InChI is InChI=1S/C21H19ClN2O2/c1-13-18(20(25)16-10-6-7-11-17(16)22)19(14(2)24-13)21(26)23-12-15-8-4-3-5-9-15/h3-11,24H,12H2,1-2H3,(H,23,26). The molecule has 0 atom stereocenters. The number of hydrogen-bond acceptors (Lipinski definition) is 2. The highest BCUT2D eigenvalue weighted by Gasteiger charge is 2.26. The first-order chi connectivity index (χ1) is 12.5. The maximum Gasteiger partial charge on any atom is 0.254 e. The van der Waals surface area contributed by atoms with Gasteiger partial charge in [-0.25, -0.2) is 0 Å². The highest BCUT2D eigenvalue weighted by molar-refractivity contribution is 6.35. The van der Waals surface area contributed by atoms with E-state index in [1.807, 2.05) is 30.3 Å². The van der Waals surface area contributed by atoms with Crippen molar-refractivity contribution >= 4 is 23.3 Å². The molecule has 0 bridgehead atoms. The van der Waals surface area contributed by atoms with Crippen LogP contribution in [0.25, 0.3) is 0 Å². The van der Waals surface area contributed by atoms with Gasteiger partial charge in [0.25, 0.3) is 5.91 Å². The Labute approximate surface area is 157 Å². The summed E-state index contributed by atoms with van der Waals surface area (Å²) in [5, 5.41) is 3.25. The summed E-state index contributed by atoms with van der Waals surface area (Å²) in [5.41, 5.74) is 3.41. The molecular weight excluding hydrogens is 348 g/mol. The lowest BCUT2D eigenvalue weighted by Crippen LogP contribution is -2.25. The molecule has 0 fully saturated rings. The molecule has 4 nitrogen and oxygen atoms in total. The Bertz CT molecular complexity index is 961. The van der Waals surface area contributed by atoms with Crippen LogP contribution in [0.15, 0.2) is 54.6 Å². The van der Waals surface area contributed by atoms with Gasteiger partial charge in [0.15, 0.2) is 5.78 Å². The summed E-state index contributed by atoms with van der Waals surface area (Å²) in [7, 11) is 0. The molecule has 0 radical (unpaired) electrons. The molecule has 3 aromatic rings. The normalized spacial score (nSPS) is 10.6. The Morgan fingerprint density at radius 1 is 0.923 bits per heavy atom. The monoisotopic (exact) mass is 366 g/mol. The van der Waals surface area contributed by atoms with Crippen molar-refractivity contribution in [2.24, 2.45) is 0 Å². The molecular formula is C21H19ClN2O2. The minimum Gasteiger partial charge on any atom is -0.361 e. The first-order valence-corrected chi connectivity index (χ1v) is 8.67. The highest BCUT2D eigenvalue weighted by atomic mass is 35.5. The summed E-state index contributed by atoms with van der Waals surface area (Å²) < 4.78 is 0. The number of aromatic amines is 1. The van der Waals surface area contributed by atoms with Crippen molar-refractivity contribution in [1.82, 2.24) is 10.3 Å². The predicted molar refractivity (Wildman–Crippen MR) is 103 cm³/mol. The first kappa shape index (κ1) is 18.0. The van der Waals surface area contributed by atoms with E-state index in [4.69, 9.17) is 11.6 Å². The second-order valence-electron chi connectivity index (χ2n) is 6.10. The maximum absolute atomic E-state index is 13.0. The molecule has 0 unspecified atom stereocenters. The number of aromatic nitrogens is 1. The minimum absolute atomic E-state index is 0.262. The number of carbonyl (C=O) groups excluding carboxylic acids is 2. The molecule has 132 valence electrons. The van der Waals surface area contributed by atoms with Gasteiger partial charge in [0.1, 0.15) is 0 Å². The molecule has 1 aromatic heterocycles. The van der Waals surface area contributed by atoms with Gasteiger partial charge in [0.2, 0.25) is 0 Å². The molecule has 0 aliphatic carbocycles. The number of H-pyrrole nitrogens is 1. The van der Waals surface area contributed by atoms with E-state index in [9.17, 15) is 9.59 Å². The zero-order chi connectivity index (χ0) is 18.7. The molecule has 0 saturated carbocycles. The number of halogens is 1. The Morgan fingerprint density at radius 2 is 1.54 bits per heavy atom. The second kappa shape index (κ2) is 7.58. The molecule has 0 aliphatic rings. The number of hydrogen-bond donors (Lipinski definition) is 2. The third kappa shape index (κ3) is 3.55. The molecule has 26 heavy (non-hydrogen) atoms. The highest BCUT2D eigenvalue weighted by Crippen LogP contribution is 2.25. The van der Waals surface area contributed by atoms with E-state index in [1.54, 1.807) is 38.1 Å². The predicted octanol–water partition coefficient (Wildman–Crippen LogP) is 4.45. The minimum atomic E-state index is -0.286. The van der Waals surface area contributed by atoms with Gasteiger partial charge in [-0.3, -0.25) is 9.59 Å². The average Bonchev–Trinajstić information content (AvgIpc) is 2.94. The van der Waals surface area contributed by atoms with Crippen molar-refractivity contribution in [2.75, 3.05) is 0 Å². The van der Waals surface area contributed by atoms with Crippen molar-refractivity contribution in [3.8, 4) is 0 Å². The van der Waals surface area contributed by atoms with Crippen LogP contribution >= 0.6 is 11.6 Å². The molecule has 1 heterocycles. The van der Waals surface area contributed by atoms with Gasteiger partial charge in [-0.1, -0.05) is 54.1 Å². The number of carbonyl (C=O) groups is 2. The van der Waals surface area contributed by atoms with Crippen LogP contribution in [-0.2, 0) is 6.54 Å². The number of rotatable bonds is 5. The quantitative estimate of drug-likeness (QED) is 0.655. The summed E-state index contributed by atoms with van der Waals surface area (Å²) in [6.07, 6.45) is 0. The van der Waals surface area contributed by atoms with Crippen LogP contribution in [0.4, 0.5) is 0 Å². The van der Waals surface area contributed by atoms with Crippen LogP contribution in [0.1, 0.15) is 43.2 Å². The Balaban J connectivity index is 1.92. The fourth-order valence-corrected chi connectivity index (χ4v) is 3.22. The summed E-state index contributed by atoms with van der Waals surface area (Å²) in [4.78, 5) is 28.9. The molecule has 5 heteroatoms. The lowest BCUT2D eigenvalue weighted by Gasteiger charge is -2.09. The fourth-order valence-electron chi connectivity index (χ4n) is 3.00. The van der Waals surface area contributed by atoms with E-state index in [2.05, 4.69) is 10.3 Å². The molecule has 2 aromatic carbocycles. The SMILES string of the molecule is Cc1[nH]c(C)c(C(=O)c2ccccc2Cl)c1C(=O)NCc1ccccc1. The van der Waals surface area contributed by atoms with E-state index in [0.717, 1.165) is 5.56 Å².